The van der Waals surface area contributed by atoms with Crippen molar-refractivity contribution in [3.8, 4) is 11.1 Å². The maximum absolute atomic E-state index is 14.6. The van der Waals surface area contributed by atoms with Gasteiger partial charge in [-0.2, -0.15) is 0 Å². The molecular weight excluding hydrogens is 287 g/mol. The van der Waals surface area contributed by atoms with Crippen LogP contribution in [0.15, 0.2) is 42.5 Å². The minimum absolute atomic E-state index is 0.0268. The second kappa shape index (κ2) is 6.66. The first-order chi connectivity index (χ1) is 11.0. The summed E-state index contributed by atoms with van der Waals surface area (Å²) in [5, 5.41) is 0. The van der Waals surface area contributed by atoms with E-state index in [9.17, 15) is 9.18 Å². The molecule has 1 aliphatic rings. The van der Waals surface area contributed by atoms with Crippen LogP contribution < -0.4 is 0 Å². The third-order valence-electron chi connectivity index (χ3n) is 5.08. The van der Waals surface area contributed by atoms with Crippen LogP contribution in [0.2, 0.25) is 0 Å². The van der Waals surface area contributed by atoms with Crippen molar-refractivity contribution in [2.24, 2.45) is 5.92 Å². The van der Waals surface area contributed by atoms with Crippen LogP contribution in [0.3, 0.4) is 0 Å². The number of carbonyl (C=O) groups excluding carboxylic acids is 1. The van der Waals surface area contributed by atoms with Gasteiger partial charge < -0.3 is 0 Å². The molecule has 0 saturated heterocycles. The molecule has 0 aliphatic heterocycles. The molecule has 1 fully saturated rings. The van der Waals surface area contributed by atoms with Crippen molar-refractivity contribution in [1.82, 2.24) is 0 Å². The Morgan fingerprint density at radius 1 is 1.00 bits per heavy atom. The van der Waals surface area contributed by atoms with Crippen molar-refractivity contribution in [2.45, 2.75) is 45.4 Å². The summed E-state index contributed by atoms with van der Waals surface area (Å²) in [7, 11) is 0. The second-order valence-electron chi connectivity index (χ2n) is 6.83. The number of halogens is 1. The van der Waals surface area contributed by atoms with Gasteiger partial charge in [0.2, 0.25) is 0 Å². The van der Waals surface area contributed by atoms with E-state index in [0.717, 1.165) is 29.9 Å². The Kier molecular flexibility index (Phi) is 4.61. The first-order valence-electron chi connectivity index (χ1n) is 8.45. The van der Waals surface area contributed by atoms with Crippen LogP contribution in [0.25, 0.3) is 11.1 Å². The highest BCUT2D eigenvalue weighted by molar-refractivity contribution is 5.94. The minimum Gasteiger partial charge on any atom is -0.295 e. The fraction of sp³-hybridized carbons (Fsp3) is 0.381. The summed E-state index contributed by atoms with van der Waals surface area (Å²) in [4.78, 5) is 11.3. The lowest BCUT2D eigenvalue weighted by Crippen LogP contribution is -2.11. The molecule has 0 spiro atoms. The monoisotopic (exact) mass is 310 g/mol. The Balaban J connectivity index is 1.83. The number of benzene rings is 2. The van der Waals surface area contributed by atoms with Gasteiger partial charge in [-0.15, -0.1) is 0 Å². The maximum atomic E-state index is 14.6. The predicted octanol–water partition coefficient (Wildman–Crippen LogP) is 5.99. The van der Waals surface area contributed by atoms with Gasteiger partial charge in [-0.05, 0) is 48.8 Å². The molecule has 2 aromatic rings. The van der Waals surface area contributed by atoms with Crippen LogP contribution >= 0.6 is 0 Å². The molecule has 23 heavy (non-hydrogen) atoms. The zero-order valence-electron chi connectivity index (χ0n) is 13.8. The van der Waals surface area contributed by atoms with E-state index in [0.29, 0.717) is 17.0 Å². The lowest BCUT2D eigenvalue weighted by molar-refractivity contribution is 0.101. The number of ketones is 1. The molecule has 0 N–H and O–H groups in total. The van der Waals surface area contributed by atoms with Gasteiger partial charge in [0.15, 0.2) is 5.78 Å². The first-order valence-corrected chi connectivity index (χ1v) is 8.45. The van der Waals surface area contributed by atoms with Crippen molar-refractivity contribution in [2.75, 3.05) is 0 Å². The summed E-state index contributed by atoms with van der Waals surface area (Å²) < 4.78 is 14.6. The Labute approximate surface area is 137 Å². The third kappa shape index (κ3) is 3.52. The van der Waals surface area contributed by atoms with E-state index in [4.69, 9.17) is 0 Å². The molecule has 2 aromatic carbocycles. The van der Waals surface area contributed by atoms with E-state index in [1.54, 1.807) is 18.2 Å². The van der Waals surface area contributed by atoms with Crippen molar-refractivity contribution in [3.63, 3.8) is 0 Å². The molecule has 1 aliphatic carbocycles. The average molecular weight is 310 g/mol. The highest BCUT2D eigenvalue weighted by atomic mass is 19.1. The Morgan fingerprint density at radius 2 is 1.65 bits per heavy atom. The number of hydrogen-bond acceptors (Lipinski definition) is 1. The van der Waals surface area contributed by atoms with E-state index in [2.05, 4.69) is 13.0 Å². The largest absolute Gasteiger partial charge is 0.295 e. The van der Waals surface area contributed by atoms with Gasteiger partial charge in [0.25, 0.3) is 0 Å². The van der Waals surface area contributed by atoms with Gasteiger partial charge >= 0.3 is 0 Å². The van der Waals surface area contributed by atoms with E-state index in [-0.39, 0.29) is 11.6 Å². The van der Waals surface area contributed by atoms with Crippen LogP contribution in [0.4, 0.5) is 4.39 Å². The van der Waals surface area contributed by atoms with Gasteiger partial charge in [-0.3, -0.25) is 4.79 Å². The van der Waals surface area contributed by atoms with Crippen LogP contribution in [-0.4, -0.2) is 5.78 Å². The van der Waals surface area contributed by atoms with Gasteiger partial charge in [-0.25, -0.2) is 4.39 Å². The molecule has 1 nitrogen and oxygen atoms in total. The van der Waals surface area contributed by atoms with E-state index in [1.807, 2.05) is 18.2 Å². The van der Waals surface area contributed by atoms with Gasteiger partial charge in [0, 0.05) is 11.1 Å². The van der Waals surface area contributed by atoms with Crippen LogP contribution in [0.1, 0.15) is 61.4 Å². The van der Waals surface area contributed by atoms with E-state index < -0.39 is 0 Å². The topological polar surface area (TPSA) is 17.1 Å². The Hall–Kier alpha value is -1.96. The number of carbonyl (C=O) groups is 1. The summed E-state index contributed by atoms with van der Waals surface area (Å²) in [6.07, 6.45) is 4.79. The number of Topliss-reactive ketones (excluding diaryl/α,β-unsaturated/α-hetero) is 1. The molecule has 0 atom stereocenters. The zero-order valence-corrected chi connectivity index (χ0v) is 13.8. The normalized spacial score (nSPS) is 21.2. The molecule has 0 aromatic heterocycles. The molecule has 0 unspecified atom stereocenters. The van der Waals surface area contributed by atoms with Crippen LogP contribution in [0, 0.1) is 11.7 Å². The molecule has 1 saturated carbocycles. The number of rotatable bonds is 3. The van der Waals surface area contributed by atoms with Crippen molar-refractivity contribution in [1.29, 1.82) is 0 Å². The van der Waals surface area contributed by atoms with Crippen molar-refractivity contribution < 1.29 is 9.18 Å². The van der Waals surface area contributed by atoms with Gasteiger partial charge in [0.05, 0.1) is 0 Å². The summed E-state index contributed by atoms with van der Waals surface area (Å²) in [6.45, 7) is 3.83. The van der Waals surface area contributed by atoms with Crippen molar-refractivity contribution in [3.05, 3.63) is 59.4 Å². The number of hydrogen-bond donors (Lipinski definition) is 0. The lowest BCUT2D eigenvalue weighted by Gasteiger charge is -2.26. The van der Waals surface area contributed by atoms with Crippen LogP contribution in [0.5, 0.6) is 0 Å². The fourth-order valence-corrected chi connectivity index (χ4v) is 3.50. The summed E-state index contributed by atoms with van der Waals surface area (Å²) in [5.74, 6) is 1.15. The molecular formula is C21H23FO. The minimum atomic E-state index is -0.170. The summed E-state index contributed by atoms with van der Waals surface area (Å²) in [6, 6.07) is 12.8. The second-order valence-corrected chi connectivity index (χ2v) is 6.83. The van der Waals surface area contributed by atoms with Gasteiger partial charge in [-0.1, -0.05) is 56.2 Å². The molecule has 0 radical (unpaired) electrons. The summed E-state index contributed by atoms with van der Waals surface area (Å²) in [5.41, 5.74) is 3.20. The molecule has 120 valence electrons. The van der Waals surface area contributed by atoms with E-state index >= 15 is 0 Å². The Bertz CT molecular complexity index is 694. The molecule has 0 amide bonds. The molecule has 0 bridgehead atoms. The smallest absolute Gasteiger partial charge is 0.159 e. The molecule has 2 heteroatoms. The standard InChI is InChI=1S/C21H23FO/c1-14-3-5-17(6-4-14)19-11-12-20(21(22)13-19)18-9-7-16(8-10-18)15(2)23/h7-14,17H,3-6H2,1-2H3. The quantitative estimate of drug-likeness (QED) is 0.636. The average Bonchev–Trinajstić information content (AvgIpc) is 2.55. The maximum Gasteiger partial charge on any atom is 0.159 e. The van der Waals surface area contributed by atoms with Crippen LogP contribution in [-0.2, 0) is 0 Å². The highest BCUT2D eigenvalue weighted by Crippen LogP contribution is 2.37. The third-order valence-corrected chi connectivity index (χ3v) is 5.08. The highest BCUT2D eigenvalue weighted by Gasteiger charge is 2.20. The lowest BCUT2D eigenvalue weighted by atomic mass is 9.79. The van der Waals surface area contributed by atoms with Gasteiger partial charge in [0.1, 0.15) is 5.82 Å². The predicted molar refractivity (Wildman–Crippen MR) is 92.2 cm³/mol. The fourth-order valence-electron chi connectivity index (χ4n) is 3.50. The SMILES string of the molecule is CC(=O)c1ccc(-c2ccc(C3CCC(C)CC3)cc2F)cc1. The zero-order chi connectivity index (χ0) is 16.4. The first kappa shape index (κ1) is 15.9. The Morgan fingerprint density at radius 3 is 2.22 bits per heavy atom. The van der Waals surface area contributed by atoms with Crippen molar-refractivity contribution >= 4 is 5.78 Å². The van der Waals surface area contributed by atoms with E-state index in [1.165, 1.54) is 19.8 Å². The summed E-state index contributed by atoms with van der Waals surface area (Å²) >= 11 is 0. The molecule has 3 rings (SSSR count). The molecule has 0 heterocycles.